The van der Waals surface area contributed by atoms with E-state index in [-0.39, 0.29) is 17.3 Å². The monoisotopic (exact) mass is 476 g/mol. The predicted molar refractivity (Wildman–Crippen MR) is 72.1 cm³/mol. The van der Waals surface area contributed by atoms with E-state index in [4.69, 9.17) is 0 Å². The summed E-state index contributed by atoms with van der Waals surface area (Å²) >= 11 is 1.78. The van der Waals surface area contributed by atoms with Gasteiger partial charge in [-0.1, -0.05) is 22.6 Å². The highest BCUT2D eigenvalue weighted by molar-refractivity contribution is 14.1. The molecule has 0 bridgehead atoms. The van der Waals surface area contributed by atoms with Crippen molar-refractivity contribution in [2.24, 2.45) is 5.92 Å². The molecule has 0 spiro atoms. The van der Waals surface area contributed by atoms with Gasteiger partial charge in [-0.2, -0.15) is 43.9 Å². The maximum Gasteiger partial charge on any atom is 0.453 e. The number of hydrogen-bond donors (Lipinski definition) is 0. The molecule has 11 heteroatoms. The Balaban J connectivity index is 4.24. The van der Waals surface area contributed by atoms with E-state index in [1.165, 1.54) is 0 Å². The zero-order chi connectivity index (χ0) is 18.5. The van der Waals surface area contributed by atoms with Crippen LogP contribution in [0.2, 0.25) is 0 Å². The van der Waals surface area contributed by atoms with E-state index in [9.17, 15) is 43.9 Å². The second-order valence-corrected chi connectivity index (χ2v) is 6.09. The summed E-state index contributed by atoms with van der Waals surface area (Å²) in [6.07, 6.45) is -15.3. The normalized spacial score (nSPS) is 14.6. The Morgan fingerprint density at radius 3 is 1.13 bits per heavy atom. The first-order chi connectivity index (χ1) is 10.1. The van der Waals surface area contributed by atoms with Crippen LogP contribution in [0.4, 0.5) is 43.9 Å². The lowest BCUT2D eigenvalue weighted by Crippen LogP contribution is -2.36. The molecule has 140 valence electrons. The fraction of sp³-hybridized carbons (Fsp3) is 1.00. The molecule has 0 rings (SSSR count). The third-order valence-electron chi connectivity index (χ3n) is 3.25. The van der Waals surface area contributed by atoms with Crippen LogP contribution in [0.3, 0.4) is 0 Å². The summed E-state index contributed by atoms with van der Waals surface area (Å²) in [4.78, 5) is 0. The SMILES string of the molecule is FC(F)(F)C(F)(F)CCCC(CI)CCCC(F)(F)C(F)(F)F. The predicted octanol–water partition coefficient (Wildman–Crippen LogP) is 6.77. The zero-order valence-corrected chi connectivity index (χ0v) is 13.8. The summed E-state index contributed by atoms with van der Waals surface area (Å²) in [5, 5.41) is 0. The summed E-state index contributed by atoms with van der Waals surface area (Å²) in [7, 11) is 0. The van der Waals surface area contributed by atoms with Gasteiger partial charge < -0.3 is 0 Å². The Morgan fingerprint density at radius 1 is 0.609 bits per heavy atom. The molecular weight excluding hydrogens is 461 g/mol. The van der Waals surface area contributed by atoms with Crippen LogP contribution in [-0.4, -0.2) is 28.6 Å². The van der Waals surface area contributed by atoms with Gasteiger partial charge in [0.25, 0.3) is 0 Å². The van der Waals surface area contributed by atoms with Gasteiger partial charge in [-0.25, -0.2) is 0 Å². The van der Waals surface area contributed by atoms with Gasteiger partial charge in [-0.05, 0) is 31.6 Å². The van der Waals surface area contributed by atoms with Crippen LogP contribution in [0, 0.1) is 5.92 Å². The average Bonchev–Trinajstić information content (AvgIpc) is 2.33. The van der Waals surface area contributed by atoms with Crippen LogP contribution in [0.5, 0.6) is 0 Å². The fourth-order valence-corrected chi connectivity index (χ4v) is 2.69. The fourth-order valence-electron chi connectivity index (χ4n) is 1.81. The van der Waals surface area contributed by atoms with Gasteiger partial charge in [0.05, 0.1) is 0 Å². The van der Waals surface area contributed by atoms with Crippen molar-refractivity contribution in [1.29, 1.82) is 0 Å². The van der Waals surface area contributed by atoms with Crippen molar-refractivity contribution in [1.82, 2.24) is 0 Å². The van der Waals surface area contributed by atoms with Gasteiger partial charge >= 0.3 is 24.2 Å². The van der Waals surface area contributed by atoms with E-state index >= 15 is 0 Å². The van der Waals surface area contributed by atoms with E-state index in [0.717, 1.165) is 0 Å². The Bertz CT molecular complexity index is 315. The van der Waals surface area contributed by atoms with Crippen molar-refractivity contribution in [3.05, 3.63) is 0 Å². The van der Waals surface area contributed by atoms with Crippen LogP contribution in [0.25, 0.3) is 0 Å². The largest absolute Gasteiger partial charge is 0.453 e. The van der Waals surface area contributed by atoms with Gasteiger partial charge in [-0.15, -0.1) is 0 Å². The van der Waals surface area contributed by atoms with Crippen molar-refractivity contribution in [3.63, 3.8) is 0 Å². The summed E-state index contributed by atoms with van der Waals surface area (Å²) in [5.41, 5.74) is 0. The first-order valence-electron chi connectivity index (χ1n) is 6.59. The Morgan fingerprint density at radius 2 is 0.913 bits per heavy atom. The van der Waals surface area contributed by atoms with Crippen LogP contribution in [0.15, 0.2) is 0 Å². The van der Waals surface area contributed by atoms with Gasteiger partial charge in [0.1, 0.15) is 0 Å². The molecule has 0 heterocycles. The lowest BCUT2D eigenvalue weighted by atomic mass is 9.95. The highest BCUT2D eigenvalue weighted by Crippen LogP contribution is 2.41. The molecule has 0 unspecified atom stereocenters. The third kappa shape index (κ3) is 7.63. The number of halogens is 11. The van der Waals surface area contributed by atoms with Gasteiger partial charge in [0, 0.05) is 17.3 Å². The molecule has 0 radical (unpaired) electrons. The Labute approximate surface area is 140 Å². The molecule has 0 amide bonds. The highest BCUT2D eigenvalue weighted by atomic mass is 127. The third-order valence-corrected chi connectivity index (χ3v) is 4.50. The lowest BCUT2D eigenvalue weighted by molar-refractivity contribution is -0.285. The van der Waals surface area contributed by atoms with Crippen LogP contribution >= 0.6 is 22.6 Å². The minimum atomic E-state index is -5.65. The summed E-state index contributed by atoms with van der Waals surface area (Å²) in [6.45, 7) is 0. The van der Waals surface area contributed by atoms with Crippen LogP contribution < -0.4 is 0 Å². The second-order valence-electron chi connectivity index (χ2n) is 5.21. The molecule has 0 aliphatic carbocycles. The highest BCUT2D eigenvalue weighted by Gasteiger charge is 2.57. The Kier molecular flexibility index (Phi) is 8.42. The first-order valence-corrected chi connectivity index (χ1v) is 8.11. The minimum Gasteiger partial charge on any atom is -0.196 e. The topological polar surface area (TPSA) is 0 Å². The van der Waals surface area contributed by atoms with Gasteiger partial charge in [-0.3, -0.25) is 0 Å². The molecule has 0 nitrogen and oxygen atoms in total. The quantitative estimate of drug-likeness (QED) is 0.196. The molecule has 0 saturated carbocycles. The zero-order valence-electron chi connectivity index (χ0n) is 11.7. The standard InChI is InChI=1S/C12H15F10I/c13-9(14,11(17,18)19)5-1-3-8(7-23)4-2-6-10(15,16)12(20,21)22/h8H,1-7H2. The average molecular weight is 476 g/mol. The van der Waals surface area contributed by atoms with E-state index in [1.807, 2.05) is 0 Å². The molecule has 0 saturated heterocycles. The van der Waals surface area contributed by atoms with E-state index in [0.29, 0.717) is 0 Å². The molecular formula is C12H15F10I. The lowest BCUT2D eigenvalue weighted by Gasteiger charge is -2.22. The molecule has 0 aromatic carbocycles. The van der Waals surface area contributed by atoms with Crippen molar-refractivity contribution >= 4 is 22.6 Å². The Hall–Kier alpha value is 0.0300. The van der Waals surface area contributed by atoms with Crippen molar-refractivity contribution < 1.29 is 43.9 Å². The molecule has 0 atom stereocenters. The molecule has 0 aromatic rings. The summed E-state index contributed by atoms with van der Waals surface area (Å²) in [5.74, 6) is -10.1. The van der Waals surface area contributed by atoms with Crippen molar-refractivity contribution in [3.8, 4) is 0 Å². The second kappa shape index (κ2) is 8.41. The molecule has 0 aromatic heterocycles. The molecule has 0 aliphatic heterocycles. The smallest absolute Gasteiger partial charge is 0.196 e. The van der Waals surface area contributed by atoms with E-state index in [2.05, 4.69) is 0 Å². The summed E-state index contributed by atoms with van der Waals surface area (Å²) in [6, 6.07) is 0. The molecule has 0 N–H and O–H groups in total. The molecule has 0 fully saturated rings. The molecule has 23 heavy (non-hydrogen) atoms. The van der Waals surface area contributed by atoms with Gasteiger partial charge in [0.15, 0.2) is 0 Å². The van der Waals surface area contributed by atoms with Crippen LogP contribution in [0.1, 0.15) is 38.5 Å². The minimum absolute atomic E-state index is 0.0911. The van der Waals surface area contributed by atoms with Crippen molar-refractivity contribution in [2.45, 2.75) is 62.7 Å². The number of alkyl halides is 11. The summed E-state index contributed by atoms with van der Waals surface area (Å²) < 4.78 is 123. The van der Waals surface area contributed by atoms with Gasteiger partial charge in [0.2, 0.25) is 0 Å². The van der Waals surface area contributed by atoms with Crippen molar-refractivity contribution in [2.75, 3.05) is 4.43 Å². The van der Waals surface area contributed by atoms with E-state index in [1.54, 1.807) is 22.6 Å². The molecule has 0 aliphatic rings. The van der Waals surface area contributed by atoms with E-state index < -0.39 is 55.8 Å². The maximum atomic E-state index is 12.7. The maximum absolute atomic E-state index is 12.7. The number of hydrogen-bond acceptors (Lipinski definition) is 0. The van der Waals surface area contributed by atoms with Crippen LogP contribution in [-0.2, 0) is 0 Å². The first kappa shape index (κ1) is 23.0. The number of rotatable bonds is 9.